The average Bonchev–Trinajstić information content (AvgIpc) is 2.69. The Morgan fingerprint density at radius 2 is 1.68 bits per heavy atom. The minimum atomic E-state index is -0.650. The number of hydrogen-bond donors (Lipinski definition) is 4. The van der Waals surface area contributed by atoms with E-state index in [2.05, 4.69) is 22.9 Å². The van der Waals surface area contributed by atoms with Gasteiger partial charge in [-0.3, -0.25) is 14.4 Å². The Morgan fingerprint density at radius 1 is 0.964 bits per heavy atom. The van der Waals surface area contributed by atoms with Crippen LogP contribution >= 0.6 is 0 Å². The Labute approximate surface area is 167 Å². The van der Waals surface area contributed by atoms with Crippen molar-refractivity contribution >= 4 is 23.4 Å². The molecule has 1 atom stereocenters. The number of hydrogen-bond acceptors (Lipinski definition) is 4. The summed E-state index contributed by atoms with van der Waals surface area (Å²) >= 11 is 0. The predicted molar refractivity (Wildman–Crippen MR) is 112 cm³/mol. The molecule has 0 aliphatic carbocycles. The van der Waals surface area contributed by atoms with E-state index in [1.807, 2.05) is 19.1 Å². The van der Waals surface area contributed by atoms with E-state index in [1.54, 1.807) is 12.1 Å². The Kier molecular flexibility index (Phi) is 11.4. The Bertz CT molecular complexity index is 617. The number of primary amides is 1. The van der Waals surface area contributed by atoms with Crippen LogP contribution in [0.4, 0.5) is 5.69 Å². The molecule has 0 bridgehead atoms. The van der Waals surface area contributed by atoms with Crippen molar-refractivity contribution in [1.82, 2.24) is 10.6 Å². The van der Waals surface area contributed by atoms with Crippen LogP contribution in [0.1, 0.15) is 69.2 Å². The summed E-state index contributed by atoms with van der Waals surface area (Å²) < 4.78 is 0. The highest BCUT2D eigenvalue weighted by Crippen LogP contribution is 2.09. The molecule has 7 nitrogen and oxygen atoms in total. The van der Waals surface area contributed by atoms with E-state index < -0.39 is 11.9 Å². The highest BCUT2D eigenvalue weighted by molar-refractivity contribution is 5.94. The first-order valence-electron chi connectivity index (χ1n) is 10.2. The van der Waals surface area contributed by atoms with Crippen LogP contribution in [0.5, 0.6) is 0 Å². The van der Waals surface area contributed by atoms with E-state index in [-0.39, 0.29) is 11.8 Å². The molecule has 0 saturated carbocycles. The van der Waals surface area contributed by atoms with Gasteiger partial charge >= 0.3 is 0 Å². The van der Waals surface area contributed by atoms with Crippen molar-refractivity contribution in [3.05, 3.63) is 29.8 Å². The molecule has 7 heteroatoms. The van der Waals surface area contributed by atoms with Gasteiger partial charge in [-0.15, -0.1) is 0 Å². The van der Waals surface area contributed by atoms with Crippen molar-refractivity contribution in [2.45, 2.75) is 64.8 Å². The molecule has 3 amide bonds. The van der Waals surface area contributed by atoms with Gasteiger partial charge in [-0.2, -0.15) is 0 Å². The van der Waals surface area contributed by atoms with Crippen molar-refractivity contribution in [3.63, 3.8) is 0 Å². The van der Waals surface area contributed by atoms with Gasteiger partial charge in [0.25, 0.3) is 5.91 Å². The number of nitrogens with one attached hydrogen (secondary N) is 3. The molecule has 1 aromatic rings. The van der Waals surface area contributed by atoms with Crippen LogP contribution < -0.4 is 21.7 Å². The first-order chi connectivity index (χ1) is 13.5. The standard InChI is InChI=1S/C21H34N4O3/c1-3-5-9-19(26)25-18(20(22)27)8-6-7-15-24-21(28)16-10-12-17(13-11-16)23-14-4-2/h10-13,18,23H,3-9,14-15H2,1-2H3,(H2,22,27)(H,24,28)(H,25,26). The highest BCUT2D eigenvalue weighted by atomic mass is 16.2. The van der Waals surface area contributed by atoms with Crippen LogP contribution in [0.2, 0.25) is 0 Å². The van der Waals surface area contributed by atoms with Gasteiger partial charge < -0.3 is 21.7 Å². The molecule has 1 rings (SSSR count). The summed E-state index contributed by atoms with van der Waals surface area (Å²) in [5, 5.41) is 8.83. The number of carbonyl (C=O) groups excluding carboxylic acids is 3. The SMILES string of the molecule is CCCCC(=O)NC(CCCCNC(=O)c1ccc(NCCC)cc1)C(N)=O. The largest absolute Gasteiger partial charge is 0.385 e. The summed E-state index contributed by atoms with van der Waals surface area (Å²) in [5.41, 5.74) is 6.98. The van der Waals surface area contributed by atoms with Crippen molar-refractivity contribution in [1.29, 1.82) is 0 Å². The van der Waals surface area contributed by atoms with Gasteiger partial charge in [-0.05, 0) is 56.4 Å². The van der Waals surface area contributed by atoms with Crippen LogP contribution in [0.3, 0.4) is 0 Å². The lowest BCUT2D eigenvalue weighted by molar-refractivity contribution is -0.127. The van der Waals surface area contributed by atoms with E-state index in [0.717, 1.165) is 31.5 Å². The number of carbonyl (C=O) groups is 3. The van der Waals surface area contributed by atoms with Crippen LogP contribution in [0, 0.1) is 0 Å². The maximum Gasteiger partial charge on any atom is 0.251 e. The van der Waals surface area contributed by atoms with Crippen LogP contribution in [0.15, 0.2) is 24.3 Å². The Hall–Kier alpha value is -2.57. The molecular weight excluding hydrogens is 356 g/mol. The van der Waals surface area contributed by atoms with E-state index >= 15 is 0 Å². The fourth-order valence-electron chi connectivity index (χ4n) is 2.68. The summed E-state index contributed by atoms with van der Waals surface area (Å²) in [6.07, 6.45) is 5.02. The van der Waals surface area contributed by atoms with Crippen molar-refractivity contribution in [2.75, 3.05) is 18.4 Å². The zero-order valence-corrected chi connectivity index (χ0v) is 17.1. The molecule has 0 aliphatic heterocycles. The molecule has 0 fully saturated rings. The van der Waals surface area contributed by atoms with Crippen molar-refractivity contribution in [2.24, 2.45) is 5.73 Å². The second-order valence-electron chi connectivity index (χ2n) is 6.88. The van der Waals surface area contributed by atoms with E-state index in [1.165, 1.54) is 0 Å². The summed E-state index contributed by atoms with van der Waals surface area (Å²) in [6, 6.07) is 6.72. The van der Waals surface area contributed by atoms with Crippen LogP contribution in [-0.2, 0) is 9.59 Å². The lowest BCUT2D eigenvalue weighted by Gasteiger charge is -2.15. The third-order valence-electron chi connectivity index (χ3n) is 4.37. The monoisotopic (exact) mass is 390 g/mol. The molecule has 1 unspecified atom stereocenters. The van der Waals surface area contributed by atoms with Gasteiger partial charge in [0, 0.05) is 30.8 Å². The average molecular weight is 391 g/mol. The number of unbranched alkanes of at least 4 members (excludes halogenated alkanes) is 2. The third kappa shape index (κ3) is 9.39. The lowest BCUT2D eigenvalue weighted by atomic mass is 10.1. The molecule has 28 heavy (non-hydrogen) atoms. The number of amides is 3. The van der Waals surface area contributed by atoms with E-state index in [0.29, 0.717) is 37.8 Å². The normalized spacial score (nSPS) is 11.5. The number of nitrogens with two attached hydrogens (primary N) is 1. The first-order valence-corrected chi connectivity index (χ1v) is 10.2. The highest BCUT2D eigenvalue weighted by Gasteiger charge is 2.17. The molecule has 1 aromatic carbocycles. The maximum absolute atomic E-state index is 12.2. The number of anilines is 1. The van der Waals surface area contributed by atoms with Crippen molar-refractivity contribution in [3.8, 4) is 0 Å². The molecule has 0 aromatic heterocycles. The predicted octanol–water partition coefficient (Wildman–Crippen LogP) is 2.57. The molecule has 5 N–H and O–H groups in total. The van der Waals surface area contributed by atoms with Gasteiger partial charge in [0.15, 0.2) is 0 Å². The molecular formula is C21H34N4O3. The van der Waals surface area contributed by atoms with Gasteiger partial charge in [-0.1, -0.05) is 20.3 Å². The molecule has 0 radical (unpaired) electrons. The summed E-state index contributed by atoms with van der Waals surface area (Å²) in [7, 11) is 0. The molecule has 0 heterocycles. The van der Waals surface area contributed by atoms with E-state index in [4.69, 9.17) is 5.73 Å². The number of rotatable bonds is 14. The molecule has 0 aliphatic rings. The quantitative estimate of drug-likeness (QED) is 0.366. The third-order valence-corrected chi connectivity index (χ3v) is 4.37. The maximum atomic E-state index is 12.2. The van der Waals surface area contributed by atoms with Crippen LogP contribution in [0.25, 0.3) is 0 Å². The summed E-state index contributed by atoms with van der Waals surface area (Å²) in [5.74, 6) is -0.789. The van der Waals surface area contributed by atoms with Gasteiger partial charge in [0.1, 0.15) is 6.04 Å². The second kappa shape index (κ2) is 13.6. The summed E-state index contributed by atoms with van der Waals surface area (Å²) in [4.78, 5) is 35.4. The topological polar surface area (TPSA) is 113 Å². The molecule has 0 saturated heterocycles. The van der Waals surface area contributed by atoms with Gasteiger partial charge in [0.2, 0.25) is 11.8 Å². The fraction of sp³-hybridized carbons (Fsp3) is 0.571. The van der Waals surface area contributed by atoms with Crippen molar-refractivity contribution < 1.29 is 14.4 Å². The zero-order chi connectivity index (χ0) is 20.8. The fourth-order valence-corrected chi connectivity index (χ4v) is 2.68. The second-order valence-corrected chi connectivity index (χ2v) is 6.88. The number of benzene rings is 1. The van der Waals surface area contributed by atoms with Gasteiger partial charge in [0.05, 0.1) is 0 Å². The smallest absolute Gasteiger partial charge is 0.251 e. The zero-order valence-electron chi connectivity index (χ0n) is 17.1. The molecule has 0 spiro atoms. The lowest BCUT2D eigenvalue weighted by Crippen LogP contribution is -2.44. The summed E-state index contributed by atoms with van der Waals surface area (Å²) in [6.45, 7) is 5.51. The Balaban J connectivity index is 2.29. The first kappa shape index (κ1) is 23.5. The molecule has 156 valence electrons. The van der Waals surface area contributed by atoms with E-state index in [9.17, 15) is 14.4 Å². The minimum absolute atomic E-state index is 0.124. The van der Waals surface area contributed by atoms with Gasteiger partial charge in [-0.25, -0.2) is 0 Å². The van der Waals surface area contributed by atoms with Crippen LogP contribution in [-0.4, -0.2) is 36.9 Å². The minimum Gasteiger partial charge on any atom is -0.385 e. The Morgan fingerprint density at radius 3 is 2.29 bits per heavy atom.